The van der Waals surface area contributed by atoms with Crippen molar-refractivity contribution < 1.29 is 27.9 Å². The number of halogens is 3. The maximum absolute atomic E-state index is 13.3. The number of benzene rings is 1. The number of amides is 1. The quantitative estimate of drug-likeness (QED) is 0.762. The lowest BCUT2D eigenvalue weighted by molar-refractivity contribution is -0.148. The van der Waals surface area contributed by atoms with Crippen molar-refractivity contribution in [1.29, 1.82) is 0 Å². The molecule has 0 aromatic heterocycles. The highest BCUT2D eigenvalue weighted by atomic mass is 19.4. The molecule has 6 atom stereocenters. The molecule has 2 aliphatic carbocycles. The van der Waals surface area contributed by atoms with Gasteiger partial charge in [0.2, 0.25) is 5.91 Å². The van der Waals surface area contributed by atoms with Crippen LogP contribution in [0, 0.1) is 23.7 Å². The molecule has 1 aromatic carbocycles. The second-order valence-corrected chi connectivity index (χ2v) is 7.51. The second kappa shape index (κ2) is 7.02. The molecule has 0 radical (unpaired) electrons. The van der Waals surface area contributed by atoms with Crippen molar-refractivity contribution in [1.82, 2.24) is 5.32 Å². The van der Waals surface area contributed by atoms with Gasteiger partial charge in [0.05, 0.1) is 17.4 Å². The third kappa shape index (κ3) is 3.59. The average molecular weight is 381 g/mol. The number of alkyl halides is 3. The Labute approximate surface area is 155 Å². The maximum atomic E-state index is 13.3. The summed E-state index contributed by atoms with van der Waals surface area (Å²) < 4.78 is 39.8. The van der Waals surface area contributed by atoms with Gasteiger partial charge in [-0.15, -0.1) is 0 Å². The largest absolute Gasteiger partial charge is 0.481 e. The lowest BCUT2D eigenvalue weighted by atomic mass is 9.82. The predicted molar refractivity (Wildman–Crippen MR) is 92.8 cm³/mol. The second-order valence-electron chi connectivity index (χ2n) is 7.51. The molecule has 2 N–H and O–H groups in total. The molecule has 2 aliphatic rings. The number of carboxylic acids is 1. The van der Waals surface area contributed by atoms with Gasteiger partial charge in [0.15, 0.2) is 0 Å². The molecule has 4 nitrogen and oxygen atoms in total. The van der Waals surface area contributed by atoms with Crippen LogP contribution < -0.4 is 5.32 Å². The standard InChI is InChI=1S/C20H22F3NO3/c1-10(14-5-3-4-6-15(14)20(21,22)23)11(2)24-18(25)16-12-7-8-13(9-12)17(16)19(26)27/h3-8,10-13,16-17H,9H2,1-2H3,(H,24,25)(H,26,27). The van der Waals surface area contributed by atoms with E-state index in [4.69, 9.17) is 0 Å². The van der Waals surface area contributed by atoms with E-state index in [0.717, 1.165) is 6.07 Å². The highest BCUT2D eigenvalue weighted by molar-refractivity contribution is 5.87. The van der Waals surface area contributed by atoms with E-state index >= 15 is 0 Å². The van der Waals surface area contributed by atoms with E-state index in [9.17, 15) is 27.9 Å². The summed E-state index contributed by atoms with van der Waals surface area (Å²) in [5.41, 5.74) is -0.606. The van der Waals surface area contributed by atoms with Gasteiger partial charge < -0.3 is 10.4 Å². The summed E-state index contributed by atoms with van der Waals surface area (Å²) in [5, 5.41) is 12.2. The monoisotopic (exact) mass is 381 g/mol. The first-order valence-electron chi connectivity index (χ1n) is 8.99. The van der Waals surface area contributed by atoms with Crippen LogP contribution in [0.2, 0.25) is 0 Å². The summed E-state index contributed by atoms with van der Waals surface area (Å²) >= 11 is 0. The predicted octanol–water partition coefficient (Wildman–Crippen LogP) is 3.84. The van der Waals surface area contributed by atoms with E-state index in [2.05, 4.69) is 5.32 Å². The van der Waals surface area contributed by atoms with Gasteiger partial charge >= 0.3 is 12.1 Å². The number of hydrogen-bond donors (Lipinski definition) is 2. The van der Waals surface area contributed by atoms with Crippen molar-refractivity contribution in [3.05, 3.63) is 47.5 Å². The number of fused-ring (bicyclic) bond motifs is 2. The molecular formula is C20H22F3NO3. The van der Waals surface area contributed by atoms with Gasteiger partial charge in [0.25, 0.3) is 0 Å². The maximum Gasteiger partial charge on any atom is 0.416 e. The molecule has 1 saturated carbocycles. The van der Waals surface area contributed by atoms with Crippen LogP contribution in [0.25, 0.3) is 0 Å². The SMILES string of the molecule is CC(NC(=O)C1C2C=CC(C2)C1C(=O)O)C(C)c1ccccc1C(F)(F)F. The Hall–Kier alpha value is -2.31. The molecular weight excluding hydrogens is 359 g/mol. The minimum Gasteiger partial charge on any atom is -0.481 e. The number of allylic oxidation sites excluding steroid dienone is 2. The van der Waals surface area contributed by atoms with Crippen LogP contribution >= 0.6 is 0 Å². The molecule has 0 heterocycles. The van der Waals surface area contributed by atoms with Gasteiger partial charge in [-0.3, -0.25) is 9.59 Å². The van der Waals surface area contributed by atoms with Gasteiger partial charge in [0.1, 0.15) is 0 Å². The molecule has 0 spiro atoms. The minimum absolute atomic E-state index is 0.112. The van der Waals surface area contributed by atoms with E-state index < -0.39 is 47.4 Å². The van der Waals surface area contributed by atoms with Crippen LogP contribution in [0.15, 0.2) is 36.4 Å². The first-order chi connectivity index (χ1) is 12.6. The zero-order valence-electron chi connectivity index (χ0n) is 15.0. The summed E-state index contributed by atoms with van der Waals surface area (Å²) in [5.74, 6) is -3.71. The molecule has 6 unspecified atom stereocenters. The molecule has 2 bridgehead atoms. The summed E-state index contributed by atoms with van der Waals surface area (Å²) in [7, 11) is 0. The van der Waals surface area contributed by atoms with E-state index in [0.29, 0.717) is 6.42 Å². The number of carbonyl (C=O) groups is 2. The number of rotatable bonds is 5. The molecule has 146 valence electrons. The molecule has 0 saturated heterocycles. The van der Waals surface area contributed by atoms with Gasteiger partial charge in [0, 0.05) is 12.0 Å². The summed E-state index contributed by atoms with van der Waals surface area (Å²) in [6.45, 7) is 3.28. The van der Waals surface area contributed by atoms with Gasteiger partial charge in [-0.2, -0.15) is 13.2 Å². The van der Waals surface area contributed by atoms with Gasteiger partial charge in [-0.05, 0) is 36.8 Å². The number of aliphatic carboxylic acids is 1. The molecule has 1 fully saturated rings. The normalized spacial score (nSPS) is 28.8. The fourth-order valence-electron chi connectivity index (χ4n) is 4.38. The third-order valence-corrected chi connectivity index (χ3v) is 5.92. The molecule has 1 amide bonds. The molecule has 0 aliphatic heterocycles. The van der Waals surface area contributed by atoms with Crippen LogP contribution in [0.5, 0.6) is 0 Å². The van der Waals surface area contributed by atoms with Crippen molar-refractivity contribution in [3.8, 4) is 0 Å². The lowest BCUT2D eigenvalue weighted by Gasteiger charge is -2.29. The first-order valence-corrected chi connectivity index (χ1v) is 8.99. The Morgan fingerprint density at radius 3 is 2.30 bits per heavy atom. The van der Waals surface area contributed by atoms with Crippen LogP contribution in [-0.2, 0) is 15.8 Å². The van der Waals surface area contributed by atoms with Crippen LogP contribution in [0.4, 0.5) is 13.2 Å². The van der Waals surface area contributed by atoms with Crippen molar-refractivity contribution in [3.63, 3.8) is 0 Å². The highest BCUT2D eigenvalue weighted by Gasteiger charge is 2.51. The zero-order valence-corrected chi connectivity index (χ0v) is 15.0. The Kier molecular flexibility index (Phi) is 5.06. The number of carboxylic acid groups (broad SMARTS) is 1. The molecule has 27 heavy (non-hydrogen) atoms. The minimum atomic E-state index is -4.47. The zero-order chi connectivity index (χ0) is 19.9. The fourth-order valence-corrected chi connectivity index (χ4v) is 4.38. The van der Waals surface area contributed by atoms with Crippen molar-refractivity contribution in [2.75, 3.05) is 0 Å². The number of hydrogen-bond acceptors (Lipinski definition) is 2. The topological polar surface area (TPSA) is 66.4 Å². The smallest absolute Gasteiger partial charge is 0.416 e. The highest BCUT2D eigenvalue weighted by Crippen LogP contribution is 2.48. The molecule has 7 heteroatoms. The van der Waals surface area contributed by atoms with E-state index in [1.165, 1.54) is 18.2 Å². The Morgan fingerprint density at radius 1 is 1.11 bits per heavy atom. The number of nitrogens with one attached hydrogen (secondary N) is 1. The first kappa shape index (κ1) is 19.5. The van der Waals surface area contributed by atoms with E-state index in [1.807, 2.05) is 12.2 Å². The van der Waals surface area contributed by atoms with E-state index in [-0.39, 0.29) is 17.4 Å². The van der Waals surface area contributed by atoms with Gasteiger partial charge in [-0.1, -0.05) is 37.3 Å². The lowest BCUT2D eigenvalue weighted by Crippen LogP contribution is -2.45. The van der Waals surface area contributed by atoms with Crippen LogP contribution in [0.1, 0.15) is 37.3 Å². The summed E-state index contributed by atoms with van der Waals surface area (Å²) in [6, 6.07) is 4.74. The van der Waals surface area contributed by atoms with Gasteiger partial charge in [-0.25, -0.2) is 0 Å². The molecule has 1 aromatic rings. The number of carbonyl (C=O) groups excluding carboxylic acids is 1. The van der Waals surface area contributed by atoms with Crippen molar-refractivity contribution in [2.24, 2.45) is 23.7 Å². The van der Waals surface area contributed by atoms with Crippen molar-refractivity contribution in [2.45, 2.75) is 38.4 Å². The van der Waals surface area contributed by atoms with Crippen molar-refractivity contribution >= 4 is 11.9 Å². The fraction of sp³-hybridized carbons (Fsp3) is 0.500. The molecule has 3 rings (SSSR count). The summed E-state index contributed by atoms with van der Waals surface area (Å²) in [4.78, 5) is 24.3. The third-order valence-electron chi connectivity index (χ3n) is 5.92. The van der Waals surface area contributed by atoms with E-state index in [1.54, 1.807) is 13.8 Å². The van der Waals surface area contributed by atoms with Crippen LogP contribution in [0.3, 0.4) is 0 Å². The Morgan fingerprint density at radius 2 is 1.70 bits per heavy atom. The average Bonchev–Trinajstić information content (AvgIpc) is 3.21. The van der Waals surface area contributed by atoms with Crippen LogP contribution in [-0.4, -0.2) is 23.0 Å². The Balaban J connectivity index is 1.76. The summed E-state index contributed by atoms with van der Waals surface area (Å²) in [6.07, 6.45) is -0.117. The Bertz CT molecular complexity index is 774.